The quantitative estimate of drug-likeness (QED) is 0.0561. The van der Waals surface area contributed by atoms with Crippen LogP contribution in [0.3, 0.4) is 0 Å². The standard InChI is InChI=1S/C75H52O48/c76-23-1-14(2-24(77)42(23)86)65(102)112-12-34-59(61-63(74(111)115-34)121-71(108)19-8-30(83)46(90)53(97)38(19)36-17(69(106)119-61)6-28(81)44(88)51(36)95)118-73(110)22-10-32(85)49(93)57(101)58(22)114-33-11-21-41(56(100)50(33)94)40-16(5-27(80)48(92)55(40)99)68(105)117-60-35(13-113-67(21)104)116-75(123-66(103)15-3-25(78)43(87)26(79)4-15)64-62(60)120-70(107)18-7-29(82)45(89)52(96)37(18)39-20(72(109)122-64)9-31(84)47(91)54(39)98/h1-11,34-35,59-64,74-101,111H,12-13H2/t34-,35+,59-,60-,61+,62+,63+,64-,74+,75-/m0/s1. The molecule has 9 aromatic carbocycles. The molecule has 0 aromatic heterocycles. The molecule has 2 saturated heterocycles. The Balaban J connectivity index is 0.884. The zero-order valence-corrected chi connectivity index (χ0v) is 60.2. The lowest BCUT2D eigenvalue weighted by Crippen LogP contribution is -2.63. The molecule has 123 heavy (non-hydrogen) atoms. The number of carbonyl (C=O) groups excluding carboxylic acids is 9. The Labute approximate surface area is 675 Å². The van der Waals surface area contributed by atoms with Gasteiger partial charge in [-0.2, -0.15) is 0 Å². The van der Waals surface area contributed by atoms with Crippen LogP contribution in [-0.2, 0) is 52.1 Å². The van der Waals surface area contributed by atoms with Gasteiger partial charge < -0.3 is 195 Å². The Hall–Kier alpha value is -17.3. The third-order valence-corrected chi connectivity index (χ3v) is 19.5. The van der Waals surface area contributed by atoms with Crippen molar-refractivity contribution < 1.29 is 238 Å². The first-order valence-electron chi connectivity index (χ1n) is 34.2. The zero-order chi connectivity index (χ0) is 89.5. The average molecular weight is 1720 g/mol. The van der Waals surface area contributed by atoms with Crippen molar-refractivity contribution in [1.82, 2.24) is 0 Å². The van der Waals surface area contributed by atoms with Gasteiger partial charge in [0.05, 0.1) is 44.5 Å². The van der Waals surface area contributed by atoms with Crippen molar-refractivity contribution in [2.75, 3.05) is 13.2 Å². The molecule has 0 saturated carbocycles. The normalized spacial score (nSPS) is 20.3. The monoisotopic (exact) mass is 1720 g/mol. The number of aromatic hydroxyl groups is 26. The third-order valence-electron chi connectivity index (χ3n) is 19.5. The molecule has 48 heteroatoms. The molecule has 0 spiro atoms. The van der Waals surface area contributed by atoms with Crippen LogP contribution >= 0.6 is 0 Å². The largest absolute Gasteiger partial charge is 0.504 e. The molecule has 14 rings (SSSR count). The Bertz CT molecular complexity index is 6140. The Morgan fingerprint density at radius 1 is 0.317 bits per heavy atom. The number of rotatable bonds is 9. The molecule has 5 aliphatic heterocycles. The van der Waals surface area contributed by atoms with E-state index in [0.717, 1.165) is 0 Å². The number of aliphatic hydroxyl groups excluding tert-OH is 1. The maximum atomic E-state index is 15.3. The molecule has 10 atom stereocenters. The summed E-state index contributed by atoms with van der Waals surface area (Å²) in [5.74, 6) is -59.7. The Morgan fingerprint density at radius 3 is 1.07 bits per heavy atom. The van der Waals surface area contributed by atoms with Gasteiger partial charge in [0.15, 0.2) is 152 Å². The van der Waals surface area contributed by atoms with E-state index in [-0.39, 0.29) is 18.2 Å². The lowest BCUT2D eigenvalue weighted by Gasteiger charge is -2.44. The van der Waals surface area contributed by atoms with E-state index in [1.54, 1.807) is 0 Å². The van der Waals surface area contributed by atoms with Crippen molar-refractivity contribution in [2.45, 2.75) is 61.4 Å². The lowest BCUT2D eigenvalue weighted by molar-refractivity contribution is -0.284. The number of aliphatic hydroxyl groups is 1. The molecule has 5 aliphatic rings. The fourth-order valence-electron chi connectivity index (χ4n) is 13.6. The van der Waals surface area contributed by atoms with Crippen molar-refractivity contribution in [1.29, 1.82) is 0 Å². The van der Waals surface area contributed by atoms with E-state index in [1.165, 1.54) is 0 Å². The number of ether oxygens (including phenoxy) is 12. The number of phenols is 26. The summed E-state index contributed by atoms with van der Waals surface area (Å²) in [7, 11) is 0. The van der Waals surface area contributed by atoms with Crippen LogP contribution in [0.2, 0.25) is 0 Å². The smallest absolute Gasteiger partial charge is 0.342 e. The summed E-state index contributed by atoms with van der Waals surface area (Å²) >= 11 is 0. The zero-order valence-electron chi connectivity index (χ0n) is 60.2. The third kappa shape index (κ3) is 13.6. The summed E-state index contributed by atoms with van der Waals surface area (Å²) < 4.78 is 67.8. The molecule has 0 aliphatic carbocycles. The SMILES string of the molecule is O=C(OC[C@@H]1O[C@@H](O)[C@@H]2OC(=O)c3cc(O)c(O)c(O)c3-c3c(cc(O)c(O)c3O)C(=O)O[C@@H]2[C@H]1OC(=O)c1cc(O)c(O)c(O)c1Oc1cc2c(c(O)c1O)-c1c(cc(O)c(O)c1O)C(=O)O[C@@H]1[C@H]3OC(=O)c4cc(O)c(O)c(O)c4-c4c(cc(O)c(O)c4O)C(=O)O[C@@H]3[C@H](OC(=O)c3cc(O)c(O)c(O)c3)O[C@@H]1COC2=O)c1cc(O)c(O)c(O)c1. The summed E-state index contributed by atoms with van der Waals surface area (Å²) in [4.78, 5) is 133. The van der Waals surface area contributed by atoms with Crippen molar-refractivity contribution in [3.05, 3.63) is 117 Å². The molecule has 0 radical (unpaired) electrons. The summed E-state index contributed by atoms with van der Waals surface area (Å²) in [6.07, 6.45) is -27.2. The number of fused-ring (bicyclic) bond motifs is 13. The van der Waals surface area contributed by atoms with E-state index in [2.05, 4.69) is 0 Å². The minimum absolute atomic E-state index is 0.134. The summed E-state index contributed by atoms with van der Waals surface area (Å²) in [5, 5.41) is 297. The first-order valence-corrected chi connectivity index (χ1v) is 34.2. The van der Waals surface area contributed by atoms with Crippen LogP contribution in [0.1, 0.15) is 93.2 Å². The fraction of sp³-hybridized carbons (Fsp3) is 0.160. The molecule has 0 bridgehead atoms. The summed E-state index contributed by atoms with van der Waals surface area (Å²) in [6, 6.07) is 3.69. The highest BCUT2D eigenvalue weighted by Gasteiger charge is 2.58. The van der Waals surface area contributed by atoms with Crippen LogP contribution in [0, 0.1) is 0 Å². The van der Waals surface area contributed by atoms with E-state index >= 15 is 14.4 Å². The van der Waals surface area contributed by atoms with Crippen LogP contribution < -0.4 is 4.74 Å². The first-order chi connectivity index (χ1) is 57.9. The second-order valence-electron chi connectivity index (χ2n) is 26.8. The average Bonchev–Trinajstić information content (AvgIpc) is 1.37. The van der Waals surface area contributed by atoms with Crippen molar-refractivity contribution in [3.8, 4) is 194 Å². The van der Waals surface area contributed by atoms with Gasteiger partial charge in [0.25, 0.3) is 0 Å². The van der Waals surface area contributed by atoms with E-state index in [4.69, 9.17) is 56.8 Å². The number of carbonyl (C=O) groups is 9. The molecule has 27 N–H and O–H groups in total. The van der Waals surface area contributed by atoms with Crippen LogP contribution in [0.25, 0.3) is 33.4 Å². The van der Waals surface area contributed by atoms with Gasteiger partial charge in [0, 0.05) is 45.5 Å². The molecule has 5 heterocycles. The van der Waals surface area contributed by atoms with E-state index in [9.17, 15) is 167 Å². The minimum Gasteiger partial charge on any atom is -0.504 e. The van der Waals surface area contributed by atoms with Crippen molar-refractivity contribution in [3.63, 3.8) is 0 Å². The van der Waals surface area contributed by atoms with Crippen LogP contribution in [0.15, 0.2) is 66.7 Å². The van der Waals surface area contributed by atoms with Crippen LogP contribution in [0.5, 0.6) is 161 Å². The maximum Gasteiger partial charge on any atom is 0.342 e. The highest BCUT2D eigenvalue weighted by atomic mass is 16.8. The highest BCUT2D eigenvalue weighted by molar-refractivity contribution is 6.12. The fourth-order valence-corrected chi connectivity index (χ4v) is 13.6. The Morgan fingerprint density at radius 2 is 0.650 bits per heavy atom. The number of hydrogen-bond acceptors (Lipinski definition) is 48. The molecule has 9 aromatic rings. The summed E-state index contributed by atoms with van der Waals surface area (Å²) in [5.41, 5.74) is -18.9. The predicted molar refractivity (Wildman–Crippen MR) is 379 cm³/mol. The molecule has 0 amide bonds. The van der Waals surface area contributed by atoms with Crippen molar-refractivity contribution in [2.24, 2.45) is 0 Å². The molecular weight excluding hydrogens is 1670 g/mol. The number of hydrogen-bond donors (Lipinski definition) is 27. The Kier molecular flexibility index (Phi) is 20.1. The second-order valence-corrected chi connectivity index (χ2v) is 26.8. The van der Waals surface area contributed by atoms with E-state index < -0.39 is 373 Å². The van der Waals surface area contributed by atoms with Gasteiger partial charge in [-0.15, -0.1) is 0 Å². The van der Waals surface area contributed by atoms with Crippen LogP contribution in [-0.4, -0.2) is 266 Å². The predicted octanol–water partition coefficient (Wildman–Crippen LogP) is 2.73. The van der Waals surface area contributed by atoms with Gasteiger partial charge >= 0.3 is 53.7 Å². The topological polar surface area (TPSA) is 811 Å². The molecule has 0 unspecified atom stereocenters. The highest BCUT2D eigenvalue weighted by Crippen LogP contribution is 2.59. The second kappa shape index (κ2) is 30.0. The number of benzene rings is 9. The van der Waals surface area contributed by atoms with Gasteiger partial charge in [0.2, 0.25) is 58.4 Å². The molecule has 2 fully saturated rings. The van der Waals surface area contributed by atoms with Gasteiger partial charge in [-0.1, -0.05) is 0 Å². The van der Waals surface area contributed by atoms with Gasteiger partial charge in [-0.25, -0.2) is 43.2 Å². The lowest BCUT2D eigenvalue weighted by atomic mass is 9.91. The van der Waals surface area contributed by atoms with Crippen molar-refractivity contribution >= 4 is 53.7 Å². The molecular formula is C75H52O48. The van der Waals surface area contributed by atoms with Gasteiger partial charge in [-0.05, 0) is 54.6 Å². The summed E-state index contributed by atoms with van der Waals surface area (Å²) in [6.45, 7) is -3.08. The number of cyclic esters (lactones) is 1. The van der Waals surface area contributed by atoms with E-state index in [1.807, 2.05) is 0 Å². The van der Waals surface area contributed by atoms with Crippen LogP contribution in [0.4, 0.5) is 0 Å². The number of phenolic OH excluding ortho intramolecular Hbond substituents is 26. The van der Waals surface area contributed by atoms with E-state index in [0.29, 0.717) is 48.5 Å². The maximum absolute atomic E-state index is 15.3. The van der Waals surface area contributed by atoms with Gasteiger partial charge in [0.1, 0.15) is 31.0 Å². The number of esters is 9. The molecule has 48 nitrogen and oxygen atoms in total. The minimum atomic E-state index is -2.82. The van der Waals surface area contributed by atoms with Gasteiger partial charge in [-0.3, -0.25) is 0 Å². The first kappa shape index (κ1) is 82.2. The molecule has 640 valence electrons.